The van der Waals surface area contributed by atoms with Gasteiger partial charge in [-0.05, 0) is 49.9 Å². The zero-order chi connectivity index (χ0) is 21.4. The maximum absolute atomic E-state index is 12.6. The zero-order valence-corrected chi connectivity index (χ0v) is 18.7. The van der Waals surface area contributed by atoms with Crippen molar-refractivity contribution < 1.29 is 14.6 Å². The Bertz CT molecular complexity index is 839. The second kappa shape index (κ2) is 11.3. The maximum Gasteiger partial charge on any atom is 0.265 e. The lowest BCUT2D eigenvalue weighted by Crippen LogP contribution is -2.30. The average molecular weight is 438 g/mol. The van der Waals surface area contributed by atoms with Crippen LogP contribution in [-0.4, -0.2) is 17.1 Å². The number of hydrogen-bond acceptors (Lipinski definition) is 3. The number of unbranched alkanes of at least 4 members (excludes halogenated alkanes) is 4. The molecule has 0 aliphatic rings. The Morgan fingerprint density at radius 3 is 2.59 bits per heavy atom. The third-order valence-corrected chi connectivity index (χ3v) is 5.73. The number of ether oxygens (including phenoxy) is 1. The lowest BCUT2D eigenvalue weighted by atomic mass is 10.0. The minimum Gasteiger partial charge on any atom is -0.504 e. The van der Waals surface area contributed by atoms with Gasteiger partial charge in [-0.2, -0.15) is 0 Å². The molecule has 2 aromatic carbocycles. The van der Waals surface area contributed by atoms with Gasteiger partial charge in [0.05, 0.1) is 10.7 Å². The molecule has 29 heavy (non-hydrogen) atoms. The van der Waals surface area contributed by atoms with Gasteiger partial charge >= 0.3 is 0 Å². The highest BCUT2D eigenvalue weighted by molar-refractivity contribution is 6.37. The Morgan fingerprint density at radius 1 is 1.17 bits per heavy atom. The van der Waals surface area contributed by atoms with Crippen molar-refractivity contribution in [2.75, 3.05) is 5.32 Å². The summed E-state index contributed by atoms with van der Waals surface area (Å²) in [4.78, 5) is 12.6. The first-order chi connectivity index (χ1) is 13.8. The van der Waals surface area contributed by atoms with Crippen LogP contribution in [0.4, 0.5) is 5.69 Å². The number of anilines is 1. The van der Waals surface area contributed by atoms with Crippen LogP contribution < -0.4 is 10.1 Å². The normalized spacial score (nSPS) is 11.9. The van der Waals surface area contributed by atoms with Crippen molar-refractivity contribution in [2.24, 2.45) is 0 Å². The third kappa shape index (κ3) is 6.55. The monoisotopic (exact) mass is 437 g/mol. The summed E-state index contributed by atoms with van der Waals surface area (Å²) in [5.74, 6) is 0.102. The minimum atomic E-state index is -0.755. The summed E-state index contributed by atoms with van der Waals surface area (Å²) in [5, 5.41) is 13.3. The summed E-state index contributed by atoms with van der Waals surface area (Å²) < 4.78 is 5.92. The van der Waals surface area contributed by atoms with Crippen molar-refractivity contribution in [3.05, 3.63) is 51.5 Å². The largest absolute Gasteiger partial charge is 0.504 e. The van der Waals surface area contributed by atoms with Crippen LogP contribution >= 0.6 is 23.2 Å². The van der Waals surface area contributed by atoms with Crippen LogP contribution in [0, 0.1) is 6.92 Å². The molecule has 2 N–H and O–H groups in total. The SMILES string of the molecule is CCCCCCCc1ccccc1OC(C)C(=O)Nc1cc(Cl)c(C)c(Cl)c1O. The quantitative estimate of drug-likeness (QED) is 0.313. The minimum absolute atomic E-state index is 0.120. The molecular weight excluding hydrogens is 409 g/mol. The molecule has 6 heteroatoms. The Balaban J connectivity index is 2.01. The van der Waals surface area contributed by atoms with Gasteiger partial charge in [0.2, 0.25) is 0 Å². The van der Waals surface area contributed by atoms with E-state index >= 15 is 0 Å². The Labute approximate surface area is 183 Å². The molecule has 0 fully saturated rings. The zero-order valence-electron chi connectivity index (χ0n) is 17.2. The number of benzene rings is 2. The number of amides is 1. The fourth-order valence-electron chi connectivity index (χ4n) is 3.02. The fraction of sp³-hybridized carbons (Fsp3) is 0.435. The van der Waals surface area contributed by atoms with Crippen LogP contribution in [0.25, 0.3) is 0 Å². The molecule has 0 bridgehead atoms. The van der Waals surface area contributed by atoms with Gasteiger partial charge < -0.3 is 15.2 Å². The number of aromatic hydroxyl groups is 1. The van der Waals surface area contributed by atoms with Crippen molar-refractivity contribution >= 4 is 34.8 Å². The number of halogens is 2. The highest BCUT2D eigenvalue weighted by Gasteiger charge is 2.20. The number of hydrogen-bond donors (Lipinski definition) is 2. The third-order valence-electron chi connectivity index (χ3n) is 4.87. The molecule has 2 aromatic rings. The van der Waals surface area contributed by atoms with Crippen LogP contribution in [0.15, 0.2) is 30.3 Å². The van der Waals surface area contributed by atoms with Crippen molar-refractivity contribution in [1.82, 2.24) is 0 Å². The van der Waals surface area contributed by atoms with Gasteiger partial charge in [-0.1, -0.05) is 74.0 Å². The van der Waals surface area contributed by atoms with E-state index in [9.17, 15) is 9.90 Å². The molecule has 2 rings (SSSR count). The molecule has 0 aliphatic heterocycles. The van der Waals surface area contributed by atoms with Gasteiger partial charge in [0.15, 0.2) is 11.9 Å². The van der Waals surface area contributed by atoms with E-state index in [1.807, 2.05) is 24.3 Å². The van der Waals surface area contributed by atoms with Crippen LogP contribution in [0.5, 0.6) is 11.5 Å². The first kappa shape index (κ1) is 23.4. The number of nitrogens with one attached hydrogen (secondary N) is 1. The van der Waals surface area contributed by atoms with Crippen LogP contribution in [0.1, 0.15) is 57.1 Å². The van der Waals surface area contributed by atoms with E-state index < -0.39 is 12.0 Å². The Morgan fingerprint density at radius 2 is 1.86 bits per heavy atom. The molecule has 1 unspecified atom stereocenters. The van der Waals surface area contributed by atoms with E-state index in [0.717, 1.165) is 18.4 Å². The van der Waals surface area contributed by atoms with E-state index in [1.165, 1.54) is 31.7 Å². The molecule has 0 heterocycles. The van der Waals surface area contributed by atoms with Gasteiger partial charge in [-0.25, -0.2) is 0 Å². The molecule has 158 valence electrons. The smallest absolute Gasteiger partial charge is 0.265 e. The Hall–Kier alpha value is -1.91. The molecule has 1 atom stereocenters. The molecule has 1 amide bonds. The summed E-state index contributed by atoms with van der Waals surface area (Å²) in [6.07, 6.45) is 6.16. The Kier molecular flexibility index (Phi) is 9.12. The highest BCUT2D eigenvalue weighted by Crippen LogP contribution is 2.38. The second-order valence-corrected chi connectivity index (χ2v) is 8.00. The van der Waals surface area contributed by atoms with Crippen molar-refractivity contribution in [2.45, 2.75) is 65.4 Å². The second-order valence-electron chi connectivity index (χ2n) is 7.21. The average Bonchev–Trinajstić information content (AvgIpc) is 2.71. The van der Waals surface area contributed by atoms with Crippen LogP contribution in [0.2, 0.25) is 10.0 Å². The van der Waals surface area contributed by atoms with Crippen molar-refractivity contribution in [1.29, 1.82) is 0 Å². The molecule has 0 spiro atoms. The lowest BCUT2D eigenvalue weighted by molar-refractivity contribution is -0.122. The maximum atomic E-state index is 12.6. The van der Waals surface area contributed by atoms with Crippen molar-refractivity contribution in [3.63, 3.8) is 0 Å². The number of rotatable bonds is 10. The van der Waals surface area contributed by atoms with Crippen molar-refractivity contribution in [3.8, 4) is 11.5 Å². The van der Waals surface area contributed by atoms with Gasteiger partial charge in [-0.15, -0.1) is 0 Å². The van der Waals surface area contributed by atoms with Gasteiger partial charge in [-0.3, -0.25) is 4.79 Å². The van der Waals surface area contributed by atoms with E-state index in [2.05, 4.69) is 12.2 Å². The molecule has 0 saturated heterocycles. The summed E-state index contributed by atoms with van der Waals surface area (Å²) in [6.45, 7) is 5.57. The van der Waals surface area contributed by atoms with E-state index in [0.29, 0.717) is 16.3 Å². The molecule has 0 aromatic heterocycles. The summed E-state index contributed by atoms with van der Waals surface area (Å²) in [6, 6.07) is 9.26. The topological polar surface area (TPSA) is 58.6 Å². The first-order valence-corrected chi connectivity index (χ1v) is 10.8. The molecule has 4 nitrogen and oxygen atoms in total. The molecule has 0 saturated carbocycles. The number of aryl methyl sites for hydroxylation is 1. The lowest BCUT2D eigenvalue weighted by Gasteiger charge is -2.18. The van der Waals surface area contributed by atoms with E-state index in [1.54, 1.807) is 13.8 Å². The number of phenolic OH excluding ortho intramolecular Hbond substituents is 1. The standard InChI is InChI=1S/C23H29Cl2NO3/c1-4-5-6-7-8-11-17-12-9-10-13-20(17)29-16(3)23(28)26-19-14-18(24)15(2)21(25)22(19)27/h9-10,12-14,16,27H,4-8,11H2,1-3H3,(H,26,28). The first-order valence-electron chi connectivity index (χ1n) is 10.1. The van der Waals surface area contributed by atoms with Crippen LogP contribution in [0.3, 0.4) is 0 Å². The summed E-state index contributed by atoms with van der Waals surface area (Å²) in [5.41, 5.74) is 1.81. The fourth-order valence-corrected chi connectivity index (χ4v) is 3.48. The summed E-state index contributed by atoms with van der Waals surface area (Å²) >= 11 is 12.2. The van der Waals surface area contributed by atoms with E-state index in [4.69, 9.17) is 27.9 Å². The predicted molar refractivity (Wildman–Crippen MR) is 120 cm³/mol. The number of carbonyl (C=O) groups is 1. The van der Waals surface area contributed by atoms with Gasteiger partial charge in [0.1, 0.15) is 5.75 Å². The van der Waals surface area contributed by atoms with E-state index in [-0.39, 0.29) is 16.5 Å². The number of para-hydroxylation sites is 1. The number of carbonyl (C=O) groups excluding carboxylic acids is 1. The highest BCUT2D eigenvalue weighted by atomic mass is 35.5. The van der Waals surface area contributed by atoms with Gasteiger partial charge in [0, 0.05) is 5.02 Å². The predicted octanol–water partition coefficient (Wildman–Crippen LogP) is 6.93. The summed E-state index contributed by atoms with van der Waals surface area (Å²) in [7, 11) is 0. The van der Waals surface area contributed by atoms with Gasteiger partial charge in [0.25, 0.3) is 5.91 Å². The molecule has 0 aliphatic carbocycles. The molecule has 0 radical (unpaired) electrons. The molecular formula is C23H29Cl2NO3. The number of phenols is 1. The van der Waals surface area contributed by atoms with Crippen LogP contribution in [-0.2, 0) is 11.2 Å².